The van der Waals surface area contributed by atoms with Crippen molar-refractivity contribution in [3.8, 4) is 6.07 Å². The lowest BCUT2D eigenvalue weighted by Crippen LogP contribution is -2.10. The predicted octanol–water partition coefficient (Wildman–Crippen LogP) is 4.67. The van der Waals surface area contributed by atoms with Gasteiger partial charge in [0, 0.05) is 28.8 Å². The molecule has 118 valence electrons. The van der Waals surface area contributed by atoms with Crippen molar-refractivity contribution in [1.82, 2.24) is 0 Å². The van der Waals surface area contributed by atoms with E-state index in [4.69, 9.17) is 5.26 Å². The van der Waals surface area contributed by atoms with Gasteiger partial charge in [0.25, 0.3) is 0 Å². The van der Waals surface area contributed by atoms with E-state index < -0.39 is 0 Å². The third kappa shape index (κ3) is 5.11. The maximum atomic E-state index is 11.5. The Morgan fingerprint density at radius 1 is 1.22 bits per heavy atom. The van der Waals surface area contributed by atoms with Crippen LogP contribution in [0.1, 0.15) is 30.9 Å². The second-order valence-corrected chi connectivity index (χ2v) is 6.01. The fourth-order valence-corrected chi connectivity index (χ4v) is 2.60. The van der Waals surface area contributed by atoms with Gasteiger partial charge in [0.05, 0.1) is 11.6 Å². The molecule has 0 unspecified atom stereocenters. The highest BCUT2D eigenvalue weighted by Crippen LogP contribution is 2.24. The van der Waals surface area contributed by atoms with Crippen molar-refractivity contribution in [1.29, 1.82) is 5.26 Å². The van der Waals surface area contributed by atoms with Crippen molar-refractivity contribution >= 4 is 33.2 Å². The molecule has 0 fully saturated rings. The summed E-state index contributed by atoms with van der Waals surface area (Å²) in [5.41, 5.74) is 3.47. The van der Waals surface area contributed by atoms with E-state index in [1.165, 1.54) is 0 Å². The average molecular weight is 372 g/mol. The van der Waals surface area contributed by atoms with Crippen LogP contribution in [0.5, 0.6) is 0 Å². The topological polar surface area (TPSA) is 64.9 Å². The van der Waals surface area contributed by atoms with E-state index in [1.807, 2.05) is 37.3 Å². The molecule has 0 aliphatic rings. The first kappa shape index (κ1) is 17.0. The van der Waals surface area contributed by atoms with Crippen LogP contribution in [0.2, 0.25) is 0 Å². The number of nitrogens with one attached hydrogen (secondary N) is 2. The van der Waals surface area contributed by atoms with E-state index in [0.717, 1.165) is 27.8 Å². The molecule has 2 aromatic rings. The third-order valence-corrected chi connectivity index (χ3v) is 3.95. The molecule has 0 saturated heterocycles. The highest BCUT2D eigenvalue weighted by molar-refractivity contribution is 9.10. The van der Waals surface area contributed by atoms with Crippen molar-refractivity contribution in [2.75, 3.05) is 10.6 Å². The Labute approximate surface area is 144 Å². The molecule has 4 nitrogen and oxygen atoms in total. The van der Waals surface area contributed by atoms with Gasteiger partial charge in [0.15, 0.2) is 0 Å². The number of nitrogens with zero attached hydrogens (tertiary/aromatic N) is 1. The number of anilines is 2. The summed E-state index contributed by atoms with van der Waals surface area (Å²) in [4.78, 5) is 11.5. The van der Waals surface area contributed by atoms with Crippen LogP contribution in [0.4, 0.5) is 11.4 Å². The summed E-state index contributed by atoms with van der Waals surface area (Å²) in [5.74, 6) is 0.0416. The zero-order chi connectivity index (χ0) is 16.7. The fraction of sp³-hybridized carbons (Fsp3) is 0.222. The first-order chi connectivity index (χ1) is 11.1. The minimum atomic E-state index is 0.0416. The fourth-order valence-electron chi connectivity index (χ4n) is 2.08. The largest absolute Gasteiger partial charge is 0.380 e. The molecule has 1 amide bonds. The number of amides is 1. The summed E-state index contributed by atoms with van der Waals surface area (Å²) in [5, 5.41) is 15.0. The Morgan fingerprint density at radius 2 is 1.96 bits per heavy atom. The number of hydrogen-bond donors (Lipinski definition) is 2. The Morgan fingerprint density at radius 3 is 2.57 bits per heavy atom. The van der Waals surface area contributed by atoms with E-state index >= 15 is 0 Å². The third-order valence-electron chi connectivity index (χ3n) is 3.30. The molecule has 23 heavy (non-hydrogen) atoms. The number of carbonyl (C=O) groups excluding carboxylic acids is 1. The minimum Gasteiger partial charge on any atom is -0.380 e. The SMILES string of the molecule is CCCC(=O)Nc1ccc(CNc2ccc(C#N)cc2Br)cc1. The van der Waals surface area contributed by atoms with Crippen molar-refractivity contribution in [2.24, 2.45) is 0 Å². The van der Waals surface area contributed by atoms with Gasteiger partial charge in [-0.1, -0.05) is 19.1 Å². The number of nitriles is 1. The van der Waals surface area contributed by atoms with Gasteiger partial charge in [-0.25, -0.2) is 0 Å². The van der Waals surface area contributed by atoms with Crippen LogP contribution in [0, 0.1) is 11.3 Å². The first-order valence-corrected chi connectivity index (χ1v) is 8.24. The lowest BCUT2D eigenvalue weighted by atomic mass is 10.2. The van der Waals surface area contributed by atoms with Crippen LogP contribution in [-0.4, -0.2) is 5.91 Å². The summed E-state index contributed by atoms with van der Waals surface area (Å²) in [6.07, 6.45) is 1.38. The quantitative estimate of drug-likeness (QED) is 0.774. The van der Waals surface area contributed by atoms with Gasteiger partial charge in [-0.05, 0) is 58.2 Å². The molecule has 0 atom stereocenters. The molecule has 2 N–H and O–H groups in total. The summed E-state index contributed by atoms with van der Waals surface area (Å²) >= 11 is 3.45. The van der Waals surface area contributed by atoms with Crippen LogP contribution in [0.15, 0.2) is 46.9 Å². The van der Waals surface area contributed by atoms with E-state index in [1.54, 1.807) is 12.1 Å². The van der Waals surface area contributed by atoms with Crippen molar-refractivity contribution < 1.29 is 4.79 Å². The summed E-state index contributed by atoms with van der Waals surface area (Å²) < 4.78 is 0.861. The normalized spacial score (nSPS) is 9.96. The molecule has 0 heterocycles. The molecule has 0 aromatic heterocycles. The number of rotatable bonds is 6. The molecule has 2 rings (SSSR count). The molecular weight excluding hydrogens is 354 g/mol. The van der Waals surface area contributed by atoms with Crippen LogP contribution >= 0.6 is 15.9 Å². The van der Waals surface area contributed by atoms with Gasteiger partial charge in [0.2, 0.25) is 5.91 Å². The van der Waals surface area contributed by atoms with E-state index in [2.05, 4.69) is 32.6 Å². The van der Waals surface area contributed by atoms with Gasteiger partial charge >= 0.3 is 0 Å². The molecule has 0 bridgehead atoms. The van der Waals surface area contributed by atoms with Crippen molar-refractivity contribution in [3.05, 3.63) is 58.1 Å². The van der Waals surface area contributed by atoms with Gasteiger partial charge in [0.1, 0.15) is 0 Å². The van der Waals surface area contributed by atoms with E-state index in [0.29, 0.717) is 18.5 Å². The highest BCUT2D eigenvalue weighted by atomic mass is 79.9. The zero-order valence-electron chi connectivity index (χ0n) is 12.9. The van der Waals surface area contributed by atoms with E-state index in [-0.39, 0.29) is 5.91 Å². The molecule has 0 spiro atoms. The monoisotopic (exact) mass is 371 g/mol. The van der Waals surface area contributed by atoms with Gasteiger partial charge in [-0.3, -0.25) is 4.79 Å². The molecule has 0 aliphatic heterocycles. The van der Waals surface area contributed by atoms with E-state index in [9.17, 15) is 4.79 Å². The van der Waals surface area contributed by atoms with Crippen LogP contribution in [-0.2, 0) is 11.3 Å². The summed E-state index contributed by atoms with van der Waals surface area (Å²) in [6.45, 7) is 2.64. The number of halogens is 1. The summed E-state index contributed by atoms with van der Waals surface area (Å²) in [7, 11) is 0. The molecule has 5 heteroatoms. The number of benzene rings is 2. The molecule has 0 saturated carbocycles. The lowest BCUT2D eigenvalue weighted by molar-refractivity contribution is -0.116. The van der Waals surface area contributed by atoms with Crippen LogP contribution in [0.3, 0.4) is 0 Å². The molecule has 2 aromatic carbocycles. The maximum absolute atomic E-state index is 11.5. The van der Waals surface area contributed by atoms with Crippen LogP contribution < -0.4 is 10.6 Å². The Bertz CT molecular complexity index is 720. The smallest absolute Gasteiger partial charge is 0.224 e. The van der Waals surface area contributed by atoms with Gasteiger partial charge in [-0.2, -0.15) is 5.26 Å². The first-order valence-electron chi connectivity index (χ1n) is 7.44. The highest BCUT2D eigenvalue weighted by Gasteiger charge is 2.03. The predicted molar refractivity (Wildman–Crippen MR) is 96.2 cm³/mol. The second-order valence-electron chi connectivity index (χ2n) is 5.16. The lowest BCUT2D eigenvalue weighted by Gasteiger charge is -2.10. The molecular formula is C18H18BrN3O. The zero-order valence-corrected chi connectivity index (χ0v) is 14.5. The summed E-state index contributed by atoms with van der Waals surface area (Å²) in [6, 6.07) is 15.3. The van der Waals surface area contributed by atoms with Gasteiger partial charge < -0.3 is 10.6 Å². The van der Waals surface area contributed by atoms with Crippen LogP contribution in [0.25, 0.3) is 0 Å². The molecule has 0 radical (unpaired) electrons. The number of hydrogen-bond acceptors (Lipinski definition) is 3. The Hall–Kier alpha value is -2.32. The standard InChI is InChI=1S/C18H18BrN3O/c1-2-3-18(23)22-15-7-4-13(5-8-15)12-21-17-9-6-14(11-20)10-16(17)19/h4-10,21H,2-3,12H2,1H3,(H,22,23). The average Bonchev–Trinajstić information content (AvgIpc) is 2.55. The molecule has 0 aliphatic carbocycles. The van der Waals surface area contributed by atoms with Crippen molar-refractivity contribution in [3.63, 3.8) is 0 Å². The number of carbonyl (C=O) groups is 1. The Balaban J connectivity index is 1.94. The van der Waals surface area contributed by atoms with Gasteiger partial charge in [-0.15, -0.1) is 0 Å². The van der Waals surface area contributed by atoms with Crippen molar-refractivity contribution in [2.45, 2.75) is 26.3 Å². The maximum Gasteiger partial charge on any atom is 0.224 e. The minimum absolute atomic E-state index is 0.0416. The second kappa shape index (κ2) is 8.35. The Kier molecular flexibility index (Phi) is 6.19.